The number of aromatic nitrogens is 2. The van der Waals surface area contributed by atoms with Crippen molar-refractivity contribution in [3.63, 3.8) is 0 Å². The van der Waals surface area contributed by atoms with Gasteiger partial charge in [0.15, 0.2) is 0 Å². The third-order valence-corrected chi connectivity index (χ3v) is 2.00. The molecule has 0 aliphatic heterocycles. The Balaban J connectivity index is 3.36. The summed E-state index contributed by atoms with van der Waals surface area (Å²) in [5, 5.41) is 0. The Morgan fingerprint density at radius 3 is 3.00 bits per heavy atom. The normalized spacial score (nSPS) is 9.75. The average Bonchev–Trinajstić information content (AvgIpc) is 2.07. The molecular weight excluding hydrogens is 172 g/mol. The number of allylic oxidation sites excluding steroid dienone is 1. The van der Waals surface area contributed by atoms with Crippen LogP contribution in [0.15, 0.2) is 29.7 Å². The molecule has 0 amide bonds. The SMILES string of the molecule is C=CCn1ccc(=S)n(C)c1=O. The van der Waals surface area contributed by atoms with Gasteiger partial charge in [-0.15, -0.1) is 6.58 Å². The summed E-state index contributed by atoms with van der Waals surface area (Å²) in [6.07, 6.45) is 3.34. The van der Waals surface area contributed by atoms with Gasteiger partial charge in [-0.05, 0) is 6.07 Å². The average molecular weight is 182 g/mol. The van der Waals surface area contributed by atoms with E-state index in [-0.39, 0.29) is 5.69 Å². The molecule has 0 fully saturated rings. The highest BCUT2D eigenvalue weighted by Crippen LogP contribution is 1.86. The summed E-state index contributed by atoms with van der Waals surface area (Å²) in [5.41, 5.74) is -0.109. The second-order valence-corrected chi connectivity index (χ2v) is 2.85. The summed E-state index contributed by atoms with van der Waals surface area (Å²) in [7, 11) is 1.66. The summed E-state index contributed by atoms with van der Waals surface area (Å²) in [5.74, 6) is 0. The highest BCUT2D eigenvalue weighted by molar-refractivity contribution is 7.71. The van der Waals surface area contributed by atoms with Gasteiger partial charge in [-0.2, -0.15) is 0 Å². The van der Waals surface area contributed by atoms with Crippen molar-refractivity contribution in [2.75, 3.05) is 0 Å². The Hall–Kier alpha value is -1.16. The summed E-state index contributed by atoms with van der Waals surface area (Å²) < 4.78 is 3.52. The lowest BCUT2D eigenvalue weighted by Gasteiger charge is -2.03. The van der Waals surface area contributed by atoms with Crippen LogP contribution in [-0.2, 0) is 13.6 Å². The standard InChI is InChI=1S/C8H10N2OS/c1-3-5-10-6-4-7(12)9(2)8(10)11/h3-4,6H,1,5H2,2H3. The van der Waals surface area contributed by atoms with Crippen molar-refractivity contribution in [3.8, 4) is 0 Å². The van der Waals surface area contributed by atoms with E-state index in [1.165, 1.54) is 4.57 Å². The van der Waals surface area contributed by atoms with Crippen LogP contribution in [0.25, 0.3) is 0 Å². The van der Waals surface area contributed by atoms with Gasteiger partial charge >= 0.3 is 5.69 Å². The minimum atomic E-state index is -0.109. The highest BCUT2D eigenvalue weighted by Gasteiger charge is 1.95. The molecule has 0 bridgehead atoms. The molecule has 0 saturated heterocycles. The molecule has 0 saturated carbocycles. The van der Waals surface area contributed by atoms with Crippen LogP contribution in [0.3, 0.4) is 0 Å². The van der Waals surface area contributed by atoms with Crippen molar-refractivity contribution in [3.05, 3.63) is 40.0 Å². The Morgan fingerprint density at radius 2 is 2.42 bits per heavy atom. The van der Waals surface area contributed by atoms with E-state index in [2.05, 4.69) is 6.58 Å². The number of hydrogen-bond donors (Lipinski definition) is 0. The molecule has 0 atom stereocenters. The van der Waals surface area contributed by atoms with Crippen LogP contribution in [0.4, 0.5) is 0 Å². The first-order valence-corrected chi connectivity index (χ1v) is 3.95. The predicted molar refractivity (Wildman–Crippen MR) is 50.7 cm³/mol. The molecule has 3 nitrogen and oxygen atoms in total. The van der Waals surface area contributed by atoms with E-state index >= 15 is 0 Å². The Bertz CT molecular complexity index is 402. The fourth-order valence-electron chi connectivity index (χ4n) is 0.894. The van der Waals surface area contributed by atoms with Crippen molar-refractivity contribution in [2.45, 2.75) is 6.54 Å². The summed E-state index contributed by atoms with van der Waals surface area (Å²) in [6.45, 7) is 4.07. The zero-order chi connectivity index (χ0) is 9.14. The second kappa shape index (κ2) is 3.49. The van der Waals surface area contributed by atoms with Crippen molar-refractivity contribution in [2.24, 2.45) is 7.05 Å². The molecule has 4 heteroatoms. The fourth-order valence-corrected chi connectivity index (χ4v) is 1.03. The van der Waals surface area contributed by atoms with Crippen molar-refractivity contribution in [1.82, 2.24) is 9.13 Å². The maximum Gasteiger partial charge on any atom is 0.329 e. The maximum absolute atomic E-state index is 11.4. The van der Waals surface area contributed by atoms with Gasteiger partial charge in [0.1, 0.15) is 4.64 Å². The smallest absolute Gasteiger partial charge is 0.297 e. The summed E-state index contributed by atoms with van der Waals surface area (Å²) in [6, 6.07) is 1.72. The van der Waals surface area contributed by atoms with Crippen LogP contribution < -0.4 is 5.69 Å². The molecular formula is C8H10N2OS. The molecule has 0 unspecified atom stereocenters. The van der Waals surface area contributed by atoms with Gasteiger partial charge in [0.2, 0.25) is 0 Å². The lowest BCUT2D eigenvalue weighted by atomic mass is 10.5. The Morgan fingerprint density at radius 1 is 1.75 bits per heavy atom. The van der Waals surface area contributed by atoms with Gasteiger partial charge in [-0.25, -0.2) is 4.79 Å². The molecule has 0 N–H and O–H groups in total. The van der Waals surface area contributed by atoms with E-state index in [1.807, 2.05) is 0 Å². The zero-order valence-corrected chi connectivity index (χ0v) is 7.67. The first-order chi connectivity index (χ1) is 5.66. The lowest BCUT2D eigenvalue weighted by Crippen LogP contribution is -2.28. The molecule has 1 aromatic heterocycles. The van der Waals surface area contributed by atoms with E-state index in [1.54, 1.807) is 30.0 Å². The van der Waals surface area contributed by atoms with Gasteiger partial charge in [-0.3, -0.25) is 9.13 Å². The predicted octanol–water partition coefficient (Wildman–Crippen LogP) is 1.10. The van der Waals surface area contributed by atoms with E-state index in [9.17, 15) is 4.79 Å². The molecule has 0 aromatic carbocycles. The molecule has 0 radical (unpaired) electrons. The molecule has 64 valence electrons. The van der Waals surface area contributed by atoms with Gasteiger partial charge in [-0.1, -0.05) is 18.3 Å². The molecule has 1 rings (SSSR count). The van der Waals surface area contributed by atoms with E-state index < -0.39 is 0 Å². The molecule has 0 spiro atoms. The van der Waals surface area contributed by atoms with E-state index in [4.69, 9.17) is 12.2 Å². The van der Waals surface area contributed by atoms with E-state index in [0.29, 0.717) is 11.2 Å². The zero-order valence-electron chi connectivity index (χ0n) is 6.86. The highest BCUT2D eigenvalue weighted by atomic mass is 32.1. The Labute approximate surface area is 75.6 Å². The van der Waals surface area contributed by atoms with E-state index in [0.717, 1.165) is 0 Å². The minimum absolute atomic E-state index is 0.109. The first-order valence-electron chi connectivity index (χ1n) is 3.54. The summed E-state index contributed by atoms with van der Waals surface area (Å²) >= 11 is 4.91. The fraction of sp³-hybridized carbons (Fsp3) is 0.250. The monoisotopic (exact) mass is 182 g/mol. The van der Waals surface area contributed by atoms with Gasteiger partial charge in [0.05, 0.1) is 0 Å². The minimum Gasteiger partial charge on any atom is -0.297 e. The largest absolute Gasteiger partial charge is 0.329 e. The lowest BCUT2D eigenvalue weighted by molar-refractivity contribution is 0.664. The van der Waals surface area contributed by atoms with Gasteiger partial charge < -0.3 is 0 Å². The van der Waals surface area contributed by atoms with Crippen molar-refractivity contribution in [1.29, 1.82) is 0 Å². The van der Waals surface area contributed by atoms with Crippen LogP contribution >= 0.6 is 12.2 Å². The molecule has 1 heterocycles. The number of nitrogens with zero attached hydrogens (tertiary/aromatic N) is 2. The van der Waals surface area contributed by atoms with Crippen LogP contribution in [0, 0.1) is 4.64 Å². The molecule has 0 aliphatic rings. The summed E-state index contributed by atoms with van der Waals surface area (Å²) in [4.78, 5) is 11.4. The van der Waals surface area contributed by atoms with Gasteiger partial charge in [0.25, 0.3) is 0 Å². The third-order valence-electron chi connectivity index (χ3n) is 1.59. The number of rotatable bonds is 2. The van der Waals surface area contributed by atoms with Gasteiger partial charge in [0, 0.05) is 19.8 Å². The molecule has 1 aromatic rings. The van der Waals surface area contributed by atoms with Crippen molar-refractivity contribution < 1.29 is 0 Å². The molecule has 0 aliphatic carbocycles. The topological polar surface area (TPSA) is 26.9 Å². The van der Waals surface area contributed by atoms with Crippen LogP contribution in [0.1, 0.15) is 0 Å². The quantitative estimate of drug-likeness (QED) is 0.506. The maximum atomic E-state index is 11.4. The molecule has 12 heavy (non-hydrogen) atoms. The number of hydrogen-bond acceptors (Lipinski definition) is 2. The Kier molecular flexibility index (Phi) is 2.60. The first kappa shape index (κ1) is 8.93. The van der Waals surface area contributed by atoms with Crippen LogP contribution in [-0.4, -0.2) is 9.13 Å². The second-order valence-electron chi connectivity index (χ2n) is 2.44. The van der Waals surface area contributed by atoms with Crippen LogP contribution in [0.2, 0.25) is 0 Å². The van der Waals surface area contributed by atoms with Crippen LogP contribution in [0.5, 0.6) is 0 Å². The van der Waals surface area contributed by atoms with Crippen molar-refractivity contribution >= 4 is 12.2 Å². The third kappa shape index (κ3) is 1.53.